The molecule has 1 aliphatic rings. The Morgan fingerprint density at radius 2 is 2.00 bits per heavy atom. The lowest BCUT2D eigenvalue weighted by atomic mass is 9.98. The van der Waals surface area contributed by atoms with Crippen LogP contribution in [0.5, 0.6) is 5.75 Å². The molecule has 0 heterocycles. The van der Waals surface area contributed by atoms with E-state index in [2.05, 4.69) is 18.2 Å². The van der Waals surface area contributed by atoms with E-state index in [1.807, 2.05) is 6.07 Å². The van der Waals surface area contributed by atoms with Crippen molar-refractivity contribution in [1.29, 1.82) is 0 Å². The Kier molecular flexibility index (Phi) is 3.93. The van der Waals surface area contributed by atoms with Crippen LogP contribution >= 0.6 is 0 Å². The van der Waals surface area contributed by atoms with Gasteiger partial charge in [0, 0.05) is 0 Å². The van der Waals surface area contributed by atoms with Gasteiger partial charge in [0.1, 0.15) is 17.7 Å². The number of nitrogens with two attached hydrogens (primary N) is 1. The van der Waals surface area contributed by atoms with Gasteiger partial charge in [-0.05, 0) is 61.1 Å². The molecule has 110 valence electrons. The first-order chi connectivity index (χ1) is 10.1. The van der Waals surface area contributed by atoms with Crippen molar-refractivity contribution in [3.8, 4) is 5.75 Å². The van der Waals surface area contributed by atoms with Crippen molar-refractivity contribution in [3.63, 3.8) is 0 Å². The number of aryl methyl sites for hydroxylation is 2. The van der Waals surface area contributed by atoms with Gasteiger partial charge in [-0.1, -0.05) is 24.3 Å². The average molecular weight is 285 g/mol. The first-order valence-corrected chi connectivity index (χ1v) is 7.41. The molecule has 3 heteroatoms. The van der Waals surface area contributed by atoms with Gasteiger partial charge in [-0.15, -0.1) is 0 Å². The summed E-state index contributed by atoms with van der Waals surface area (Å²) in [6, 6.07) is 13.0. The topological polar surface area (TPSA) is 35.2 Å². The van der Waals surface area contributed by atoms with Crippen LogP contribution < -0.4 is 10.5 Å². The third-order valence-electron chi connectivity index (χ3n) is 4.17. The van der Waals surface area contributed by atoms with Crippen molar-refractivity contribution in [2.24, 2.45) is 5.73 Å². The number of benzene rings is 2. The molecule has 0 amide bonds. The predicted molar refractivity (Wildman–Crippen MR) is 81.9 cm³/mol. The van der Waals surface area contributed by atoms with Crippen LogP contribution in [-0.2, 0) is 6.42 Å². The highest BCUT2D eigenvalue weighted by molar-refractivity contribution is 5.33. The maximum Gasteiger partial charge on any atom is 0.126 e. The van der Waals surface area contributed by atoms with Crippen LogP contribution in [0.15, 0.2) is 42.5 Å². The molecule has 2 atom stereocenters. The highest BCUT2D eigenvalue weighted by atomic mass is 19.1. The molecular weight excluding hydrogens is 265 g/mol. The molecule has 0 spiro atoms. The lowest BCUT2D eigenvalue weighted by molar-refractivity contribution is 0.162. The summed E-state index contributed by atoms with van der Waals surface area (Å²) in [5.74, 6) is 0.478. The monoisotopic (exact) mass is 285 g/mol. The second kappa shape index (κ2) is 5.86. The van der Waals surface area contributed by atoms with Crippen LogP contribution in [0.2, 0.25) is 0 Å². The molecule has 21 heavy (non-hydrogen) atoms. The van der Waals surface area contributed by atoms with Gasteiger partial charge in [-0.25, -0.2) is 4.39 Å². The smallest absolute Gasteiger partial charge is 0.126 e. The first kappa shape index (κ1) is 14.1. The summed E-state index contributed by atoms with van der Waals surface area (Å²) in [7, 11) is 0. The van der Waals surface area contributed by atoms with Crippen LogP contribution in [0.4, 0.5) is 4.39 Å². The van der Waals surface area contributed by atoms with Crippen molar-refractivity contribution in [2.75, 3.05) is 0 Å². The van der Waals surface area contributed by atoms with Crippen LogP contribution in [-0.4, -0.2) is 6.10 Å². The second-order valence-electron chi connectivity index (χ2n) is 5.68. The molecule has 0 aliphatic heterocycles. The van der Waals surface area contributed by atoms with E-state index < -0.39 is 0 Å². The summed E-state index contributed by atoms with van der Waals surface area (Å²) in [5, 5.41) is 0. The highest BCUT2D eigenvalue weighted by Gasteiger charge is 2.26. The molecule has 2 aromatic carbocycles. The summed E-state index contributed by atoms with van der Waals surface area (Å²) in [4.78, 5) is 0. The molecule has 0 bridgehead atoms. The maximum absolute atomic E-state index is 13.3. The molecule has 0 radical (unpaired) electrons. The van der Waals surface area contributed by atoms with Crippen LogP contribution in [0.25, 0.3) is 0 Å². The van der Waals surface area contributed by atoms with Gasteiger partial charge in [0.15, 0.2) is 0 Å². The van der Waals surface area contributed by atoms with Crippen molar-refractivity contribution in [2.45, 2.75) is 38.3 Å². The number of fused-ring (bicyclic) bond motifs is 1. The van der Waals surface area contributed by atoms with Crippen molar-refractivity contribution >= 4 is 0 Å². The van der Waals surface area contributed by atoms with E-state index in [4.69, 9.17) is 10.5 Å². The molecule has 0 fully saturated rings. The summed E-state index contributed by atoms with van der Waals surface area (Å²) < 4.78 is 19.4. The Hall–Kier alpha value is -1.87. The molecule has 0 saturated carbocycles. The summed E-state index contributed by atoms with van der Waals surface area (Å²) >= 11 is 0. The van der Waals surface area contributed by atoms with Gasteiger partial charge in [0.25, 0.3) is 0 Å². The summed E-state index contributed by atoms with van der Waals surface area (Å²) in [6.45, 7) is 1.74. The van der Waals surface area contributed by atoms with Crippen molar-refractivity contribution in [1.82, 2.24) is 0 Å². The van der Waals surface area contributed by atoms with E-state index in [-0.39, 0.29) is 18.0 Å². The maximum atomic E-state index is 13.3. The Morgan fingerprint density at radius 3 is 2.81 bits per heavy atom. The van der Waals surface area contributed by atoms with E-state index in [0.717, 1.165) is 19.3 Å². The van der Waals surface area contributed by atoms with E-state index >= 15 is 0 Å². The average Bonchev–Trinajstić information content (AvgIpc) is 2.64. The standard InChI is InChI=1S/C18H20FNO/c1-12-11-14(9-10-16(12)19)21-17-8-4-6-13-5-2-3-7-15(13)18(17)20/h2-3,5,7,9-11,17-18H,4,6,8,20H2,1H3. The van der Waals surface area contributed by atoms with Gasteiger partial charge in [0.2, 0.25) is 0 Å². The van der Waals surface area contributed by atoms with Crippen molar-refractivity contribution < 1.29 is 9.13 Å². The zero-order chi connectivity index (χ0) is 14.8. The zero-order valence-corrected chi connectivity index (χ0v) is 12.2. The summed E-state index contributed by atoms with van der Waals surface area (Å²) in [6.07, 6.45) is 2.92. The zero-order valence-electron chi connectivity index (χ0n) is 12.2. The van der Waals surface area contributed by atoms with Crippen LogP contribution in [0.3, 0.4) is 0 Å². The molecular formula is C18H20FNO. The minimum absolute atomic E-state index is 0.0708. The van der Waals surface area contributed by atoms with Gasteiger partial charge < -0.3 is 10.5 Å². The minimum Gasteiger partial charge on any atom is -0.488 e. The van der Waals surface area contributed by atoms with Gasteiger partial charge in [-0.3, -0.25) is 0 Å². The molecule has 2 N–H and O–H groups in total. The molecule has 2 unspecified atom stereocenters. The lowest BCUT2D eigenvalue weighted by Crippen LogP contribution is -2.31. The fourth-order valence-electron chi connectivity index (χ4n) is 2.96. The molecule has 2 aromatic rings. The predicted octanol–water partition coefficient (Wildman–Crippen LogP) is 3.92. The molecule has 2 nitrogen and oxygen atoms in total. The first-order valence-electron chi connectivity index (χ1n) is 7.41. The molecule has 1 aliphatic carbocycles. The van der Waals surface area contributed by atoms with Gasteiger partial charge in [0.05, 0.1) is 6.04 Å². The summed E-state index contributed by atoms with van der Waals surface area (Å²) in [5.41, 5.74) is 9.48. The number of rotatable bonds is 2. The Labute approximate surface area is 124 Å². The third kappa shape index (κ3) is 2.93. The van der Waals surface area contributed by atoms with E-state index in [9.17, 15) is 4.39 Å². The largest absolute Gasteiger partial charge is 0.488 e. The lowest BCUT2D eigenvalue weighted by Gasteiger charge is -2.24. The fourth-order valence-corrected chi connectivity index (χ4v) is 2.96. The van der Waals surface area contributed by atoms with Gasteiger partial charge >= 0.3 is 0 Å². The van der Waals surface area contributed by atoms with Crippen LogP contribution in [0, 0.1) is 12.7 Å². The van der Waals surface area contributed by atoms with Gasteiger partial charge in [-0.2, -0.15) is 0 Å². The number of hydrogen-bond donors (Lipinski definition) is 1. The minimum atomic E-state index is -0.210. The Morgan fingerprint density at radius 1 is 1.19 bits per heavy atom. The molecule has 3 rings (SSSR count). The van der Waals surface area contributed by atoms with E-state index in [1.165, 1.54) is 17.2 Å². The normalized spacial score (nSPS) is 21.5. The van der Waals surface area contributed by atoms with Crippen molar-refractivity contribution in [3.05, 3.63) is 65.0 Å². The van der Waals surface area contributed by atoms with E-state index in [0.29, 0.717) is 11.3 Å². The van der Waals surface area contributed by atoms with E-state index in [1.54, 1.807) is 19.1 Å². The number of ether oxygens (including phenoxy) is 1. The second-order valence-corrected chi connectivity index (χ2v) is 5.68. The molecule has 0 saturated heterocycles. The fraction of sp³-hybridized carbons (Fsp3) is 0.333. The highest BCUT2D eigenvalue weighted by Crippen LogP contribution is 2.30. The number of halogens is 1. The third-order valence-corrected chi connectivity index (χ3v) is 4.17. The Balaban J connectivity index is 1.84. The Bertz CT molecular complexity index is 641. The SMILES string of the molecule is Cc1cc(OC2CCCc3ccccc3C2N)ccc1F. The number of hydrogen-bond acceptors (Lipinski definition) is 2. The molecule has 0 aromatic heterocycles. The quantitative estimate of drug-likeness (QED) is 0.849. The van der Waals surface area contributed by atoms with Crippen LogP contribution in [0.1, 0.15) is 35.6 Å².